The summed E-state index contributed by atoms with van der Waals surface area (Å²) in [5.41, 5.74) is 0.615. The van der Waals surface area contributed by atoms with Crippen LogP contribution in [0.15, 0.2) is 24.3 Å². The molecule has 18 heavy (non-hydrogen) atoms. The lowest BCUT2D eigenvalue weighted by Crippen LogP contribution is -2.36. The van der Waals surface area contributed by atoms with Crippen molar-refractivity contribution in [1.29, 1.82) is 0 Å². The third kappa shape index (κ3) is 3.58. The number of hydrogen-bond donors (Lipinski definition) is 2. The molecular formula is C12H17ClFN3O. The van der Waals surface area contributed by atoms with E-state index in [1.54, 1.807) is 17.0 Å². The van der Waals surface area contributed by atoms with Gasteiger partial charge in [0.1, 0.15) is 5.82 Å². The number of halogens is 2. The van der Waals surface area contributed by atoms with E-state index in [9.17, 15) is 9.18 Å². The normalized spacial score (nSPS) is 18.3. The third-order valence-electron chi connectivity index (χ3n) is 2.98. The van der Waals surface area contributed by atoms with E-state index in [2.05, 4.69) is 10.6 Å². The smallest absolute Gasteiger partial charge is 0.321 e. The molecule has 0 bridgehead atoms. The highest BCUT2D eigenvalue weighted by atomic mass is 35.5. The first-order chi connectivity index (χ1) is 8.19. The molecule has 1 fully saturated rings. The second-order valence-electron chi connectivity index (χ2n) is 4.16. The molecule has 0 spiro atoms. The molecule has 6 heteroatoms. The van der Waals surface area contributed by atoms with Gasteiger partial charge in [-0.2, -0.15) is 0 Å². The van der Waals surface area contributed by atoms with Gasteiger partial charge in [0.15, 0.2) is 0 Å². The van der Waals surface area contributed by atoms with Gasteiger partial charge >= 0.3 is 6.03 Å². The van der Waals surface area contributed by atoms with Gasteiger partial charge in [-0.25, -0.2) is 9.18 Å². The van der Waals surface area contributed by atoms with E-state index >= 15 is 0 Å². The molecule has 0 saturated carbocycles. The average molecular weight is 274 g/mol. The minimum atomic E-state index is -0.306. The van der Waals surface area contributed by atoms with Crippen LogP contribution >= 0.6 is 12.4 Å². The topological polar surface area (TPSA) is 44.4 Å². The zero-order chi connectivity index (χ0) is 12.3. The number of likely N-dealkylation sites (N-methyl/N-ethyl adjacent to an activating group) is 1. The van der Waals surface area contributed by atoms with Gasteiger partial charge in [-0.3, -0.25) is 0 Å². The molecule has 0 unspecified atom stereocenters. The van der Waals surface area contributed by atoms with Crippen LogP contribution < -0.4 is 10.6 Å². The third-order valence-corrected chi connectivity index (χ3v) is 2.98. The molecule has 1 atom stereocenters. The van der Waals surface area contributed by atoms with Crippen LogP contribution in [0.1, 0.15) is 6.42 Å². The molecule has 2 amide bonds. The number of nitrogens with zero attached hydrogens (tertiary/aromatic N) is 1. The van der Waals surface area contributed by atoms with Crippen LogP contribution in [-0.2, 0) is 0 Å². The fraction of sp³-hybridized carbons (Fsp3) is 0.417. The minimum absolute atomic E-state index is 0. The van der Waals surface area contributed by atoms with Gasteiger partial charge in [0.2, 0.25) is 0 Å². The first kappa shape index (κ1) is 14.7. The molecule has 0 aliphatic carbocycles. The molecular weight excluding hydrogens is 257 g/mol. The quantitative estimate of drug-likeness (QED) is 0.866. The molecule has 1 saturated heterocycles. The Labute approximate surface area is 112 Å². The number of likely N-dealkylation sites (tertiary alicyclic amines) is 1. The summed E-state index contributed by atoms with van der Waals surface area (Å²) in [7, 11) is 1.89. The molecule has 1 aliphatic rings. The predicted molar refractivity (Wildman–Crippen MR) is 71.7 cm³/mol. The van der Waals surface area contributed by atoms with Crippen LogP contribution in [0.4, 0.5) is 14.9 Å². The Balaban J connectivity index is 0.00000162. The molecule has 0 aromatic heterocycles. The molecule has 4 nitrogen and oxygen atoms in total. The predicted octanol–water partition coefficient (Wildman–Crippen LogP) is 2.07. The number of carbonyl (C=O) groups is 1. The Morgan fingerprint density at radius 2 is 2.06 bits per heavy atom. The monoisotopic (exact) mass is 273 g/mol. The maximum atomic E-state index is 12.7. The highest BCUT2D eigenvalue weighted by molar-refractivity contribution is 5.89. The Kier molecular flexibility index (Phi) is 5.37. The van der Waals surface area contributed by atoms with Crippen LogP contribution in [0.25, 0.3) is 0 Å². The summed E-state index contributed by atoms with van der Waals surface area (Å²) in [4.78, 5) is 13.6. The molecule has 100 valence electrons. The number of carbonyl (C=O) groups excluding carboxylic acids is 1. The van der Waals surface area contributed by atoms with E-state index in [4.69, 9.17) is 0 Å². The zero-order valence-corrected chi connectivity index (χ0v) is 11.0. The number of amides is 2. The largest absolute Gasteiger partial charge is 0.323 e. The highest BCUT2D eigenvalue weighted by Crippen LogP contribution is 2.13. The van der Waals surface area contributed by atoms with Crippen LogP contribution in [0.2, 0.25) is 0 Å². The van der Waals surface area contributed by atoms with Crippen molar-refractivity contribution in [3.8, 4) is 0 Å². The van der Waals surface area contributed by atoms with E-state index in [-0.39, 0.29) is 24.3 Å². The number of nitrogens with one attached hydrogen (secondary N) is 2. The van der Waals surface area contributed by atoms with E-state index in [0.717, 1.165) is 13.0 Å². The van der Waals surface area contributed by atoms with E-state index in [1.807, 2.05) is 7.05 Å². The fourth-order valence-electron chi connectivity index (χ4n) is 1.92. The fourth-order valence-corrected chi connectivity index (χ4v) is 1.92. The maximum Gasteiger partial charge on any atom is 0.321 e. The first-order valence-electron chi connectivity index (χ1n) is 5.68. The van der Waals surface area contributed by atoms with Crippen LogP contribution in [0.5, 0.6) is 0 Å². The van der Waals surface area contributed by atoms with Crippen LogP contribution in [0, 0.1) is 5.82 Å². The SMILES string of the molecule is CN[C@H]1CCN(C(=O)Nc2ccc(F)cc2)C1.Cl. The Hall–Kier alpha value is -1.33. The number of urea groups is 1. The first-order valence-corrected chi connectivity index (χ1v) is 5.68. The van der Waals surface area contributed by atoms with Gasteiger partial charge in [0.25, 0.3) is 0 Å². The second-order valence-corrected chi connectivity index (χ2v) is 4.16. The van der Waals surface area contributed by atoms with Crippen molar-refractivity contribution in [2.75, 3.05) is 25.5 Å². The van der Waals surface area contributed by atoms with E-state index in [1.165, 1.54) is 12.1 Å². The standard InChI is InChI=1S/C12H16FN3O.ClH/c1-14-11-6-7-16(8-11)12(17)15-10-4-2-9(13)3-5-10;/h2-5,11,14H,6-8H2,1H3,(H,15,17);1H/t11-;/m0./s1. The molecule has 1 heterocycles. The van der Waals surface area contributed by atoms with Gasteiger partial charge in [0, 0.05) is 24.8 Å². The lowest BCUT2D eigenvalue weighted by Gasteiger charge is -2.17. The minimum Gasteiger partial charge on any atom is -0.323 e. The van der Waals surface area contributed by atoms with Gasteiger partial charge in [0.05, 0.1) is 0 Å². The van der Waals surface area contributed by atoms with Gasteiger partial charge in [-0.15, -0.1) is 12.4 Å². The van der Waals surface area contributed by atoms with Gasteiger partial charge < -0.3 is 15.5 Å². The summed E-state index contributed by atoms with van der Waals surface area (Å²) in [5, 5.41) is 5.90. The van der Waals surface area contributed by atoms with Gasteiger partial charge in [-0.05, 0) is 37.7 Å². The Morgan fingerprint density at radius 1 is 1.39 bits per heavy atom. The van der Waals surface area contributed by atoms with Crippen LogP contribution in [0.3, 0.4) is 0 Å². The zero-order valence-electron chi connectivity index (χ0n) is 10.1. The van der Waals surface area contributed by atoms with Crippen molar-refractivity contribution in [3.05, 3.63) is 30.1 Å². The van der Waals surface area contributed by atoms with E-state index in [0.29, 0.717) is 18.3 Å². The van der Waals surface area contributed by atoms with Crippen LogP contribution in [-0.4, -0.2) is 37.1 Å². The summed E-state index contributed by atoms with van der Waals surface area (Å²) in [6, 6.07) is 6.01. The average Bonchev–Trinajstić information content (AvgIpc) is 2.81. The summed E-state index contributed by atoms with van der Waals surface area (Å²) >= 11 is 0. The number of hydrogen-bond acceptors (Lipinski definition) is 2. The van der Waals surface area contributed by atoms with Crippen molar-refractivity contribution >= 4 is 24.1 Å². The van der Waals surface area contributed by atoms with Crippen molar-refractivity contribution in [2.45, 2.75) is 12.5 Å². The molecule has 2 N–H and O–H groups in total. The number of rotatable bonds is 2. The second kappa shape index (κ2) is 6.56. The number of benzene rings is 1. The van der Waals surface area contributed by atoms with Gasteiger partial charge in [-0.1, -0.05) is 0 Å². The molecule has 1 aromatic carbocycles. The molecule has 1 aliphatic heterocycles. The van der Waals surface area contributed by atoms with E-state index < -0.39 is 0 Å². The van der Waals surface area contributed by atoms with Crippen molar-refractivity contribution < 1.29 is 9.18 Å². The summed E-state index contributed by atoms with van der Waals surface area (Å²) in [6.45, 7) is 1.46. The molecule has 2 rings (SSSR count). The number of anilines is 1. The maximum absolute atomic E-state index is 12.7. The Bertz CT molecular complexity index is 399. The Morgan fingerprint density at radius 3 is 2.61 bits per heavy atom. The lowest BCUT2D eigenvalue weighted by atomic mass is 10.3. The molecule has 0 radical (unpaired) electrons. The lowest BCUT2D eigenvalue weighted by molar-refractivity contribution is 0.221. The van der Waals surface area contributed by atoms with Crippen molar-refractivity contribution in [2.24, 2.45) is 0 Å². The van der Waals surface area contributed by atoms with Crippen molar-refractivity contribution in [1.82, 2.24) is 10.2 Å². The van der Waals surface area contributed by atoms with Crippen molar-refractivity contribution in [3.63, 3.8) is 0 Å². The highest BCUT2D eigenvalue weighted by Gasteiger charge is 2.24. The molecule has 1 aromatic rings. The summed E-state index contributed by atoms with van der Waals surface area (Å²) < 4.78 is 12.7. The summed E-state index contributed by atoms with van der Waals surface area (Å²) in [6.07, 6.45) is 0.966. The summed E-state index contributed by atoms with van der Waals surface area (Å²) in [5.74, 6) is -0.306.